The minimum atomic E-state index is -0.526. The van der Waals surface area contributed by atoms with Crippen LogP contribution in [0.4, 0.5) is 10.6 Å². The second-order valence-corrected chi connectivity index (χ2v) is 6.38. The van der Waals surface area contributed by atoms with Gasteiger partial charge in [0.15, 0.2) is 0 Å². The van der Waals surface area contributed by atoms with Gasteiger partial charge in [-0.2, -0.15) is 0 Å². The first kappa shape index (κ1) is 16.5. The third-order valence-corrected chi connectivity index (χ3v) is 3.41. The molecule has 2 heterocycles. The van der Waals surface area contributed by atoms with Crippen LogP contribution in [-0.4, -0.2) is 35.5 Å². The summed E-state index contributed by atoms with van der Waals surface area (Å²) in [6, 6.07) is 3.87. The standard InChI is InChI=1S/C17H25N3O2/c1-5-20(16(21)22-17(2,3)4)15-13(9-8-12-19-15)14-10-6-7-11-18-14/h8-9,12H,5-7,10-11H2,1-4H3. The molecule has 0 atom stereocenters. The van der Waals surface area contributed by atoms with E-state index in [-0.39, 0.29) is 6.09 Å². The van der Waals surface area contributed by atoms with Crippen LogP contribution in [0.3, 0.4) is 0 Å². The van der Waals surface area contributed by atoms with Crippen LogP contribution in [0, 0.1) is 0 Å². The lowest BCUT2D eigenvalue weighted by atomic mass is 10.0. The second-order valence-electron chi connectivity index (χ2n) is 6.38. The predicted octanol–water partition coefficient (Wildman–Crippen LogP) is 3.82. The van der Waals surface area contributed by atoms with Crippen molar-refractivity contribution in [3.8, 4) is 0 Å². The predicted molar refractivity (Wildman–Crippen MR) is 88.7 cm³/mol. The Morgan fingerprint density at radius 1 is 1.36 bits per heavy atom. The number of nitrogens with zero attached hydrogens (tertiary/aromatic N) is 3. The maximum atomic E-state index is 12.4. The normalized spacial score (nSPS) is 15.2. The van der Waals surface area contributed by atoms with E-state index in [1.54, 1.807) is 11.1 Å². The summed E-state index contributed by atoms with van der Waals surface area (Å²) in [5, 5.41) is 0. The smallest absolute Gasteiger partial charge is 0.416 e. The van der Waals surface area contributed by atoms with Crippen molar-refractivity contribution in [1.82, 2.24) is 4.98 Å². The zero-order chi connectivity index (χ0) is 16.2. The van der Waals surface area contributed by atoms with Gasteiger partial charge in [0.25, 0.3) is 0 Å². The fourth-order valence-corrected chi connectivity index (χ4v) is 2.44. The topological polar surface area (TPSA) is 54.8 Å². The van der Waals surface area contributed by atoms with E-state index in [1.165, 1.54) is 0 Å². The lowest BCUT2D eigenvalue weighted by Gasteiger charge is -2.27. The highest BCUT2D eigenvalue weighted by molar-refractivity contribution is 6.07. The molecule has 0 unspecified atom stereocenters. The molecule has 0 fully saturated rings. The average Bonchev–Trinajstić information content (AvgIpc) is 2.47. The third kappa shape index (κ3) is 4.06. The zero-order valence-electron chi connectivity index (χ0n) is 13.9. The van der Waals surface area contributed by atoms with E-state index in [4.69, 9.17) is 4.74 Å². The number of ether oxygens (including phenoxy) is 1. The van der Waals surface area contributed by atoms with Crippen molar-refractivity contribution in [3.05, 3.63) is 23.9 Å². The lowest BCUT2D eigenvalue weighted by molar-refractivity contribution is 0.0581. The lowest BCUT2D eigenvalue weighted by Crippen LogP contribution is -2.38. The highest BCUT2D eigenvalue weighted by Gasteiger charge is 2.26. The number of carbonyl (C=O) groups is 1. The van der Waals surface area contributed by atoms with Crippen LogP contribution >= 0.6 is 0 Å². The quantitative estimate of drug-likeness (QED) is 0.853. The van der Waals surface area contributed by atoms with Crippen LogP contribution in [-0.2, 0) is 4.74 Å². The second kappa shape index (κ2) is 6.90. The van der Waals surface area contributed by atoms with Gasteiger partial charge in [0.2, 0.25) is 0 Å². The number of aliphatic imine (C=N–C) groups is 1. The zero-order valence-corrected chi connectivity index (χ0v) is 13.9. The molecule has 2 rings (SSSR count). The van der Waals surface area contributed by atoms with Gasteiger partial charge in [-0.1, -0.05) is 0 Å². The molecule has 0 bridgehead atoms. The van der Waals surface area contributed by atoms with Gasteiger partial charge in [0.05, 0.1) is 0 Å². The number of carbonyl (C=O) groups excluding carboxylic acids is 1. The van der Waals surface area contributed by atoms with Gasteiger partial charge >= 0.3 is 6.09 Å². The minimum absolute atomic E-state index is 0.369. The van der Waals surface area contributed by atoms with Gasteiger partial charge in [0, 0.05) is 30.6 Å². The Balaban J connectivity index is 2.33. The fraction of sp³-hybridized carbons (Fsp3) is 0.588. The van der Waals surface area contributed by atoms with Crippen molar-refractivity contribution in [2.75, 3.05) is 18.0 Å². The molecule has 0 spiro atoms. The maximum Gasteiger partial charge on any atom is 0.416 e. The molecule has 1 aliphatic heterocycles. The average molecular weight is 303 g/mol. The van der Waals surface area contributed by atoms with Crippen molar-refractivity contribution in [2.45, 2.75) is 52.6 Å². The highest BCUT2D eigenvalue weighted by Crippen LogP contribution is 2.24. The van der Waals surface area contributed by atoms with Crippen molar-refractivity contribution >= 4 is 17.6 Å². The number of rotatable bonds is 3. The molecule has 0 aromatic carbocycles. The number of amides is 1. The van der Waals surface area contributed by atoms with E-state index in [0.717, 1.165) is 37.1 Å². The summed E-state index contributed by atoms with van der Waals surface area (Å²) >= 11 is 0. The molecular weight excluding hydrogens is 278 g/mol. The summed E-state index contributed by atoms with van der Waals surface area (Å²) in [5.74, 6) is 0.639. The van der Waals surface area contributed by atoms with Crippen LogP contribution in [0.2, 0.25) is 0 Å². The molecule has 1 aliphatic rings. The Bertz CT molecular complexity index is 561. The van der Waals surface area contributed by atoms with Gasteiger partial charge in [-0.25, -0.2) is 9.78 Å². The Kier molecular flexibility index (Phi) is 5.16. The molecule has 0 N–H and O–H groups in total. The van der Waals surface area contributed by atoms with Crippen LogP contribution < -0.4 is 4.90 Å². The van der Waals surface area contributed by atoms with Gasteiger partial charge in [0.1, 0.15) is 11.4 Å². The minimum Gasteiger partial charge on any atom is -0.443 e. The van der Waals surface area contributed by atoms with E-state index in [2.05, 4.69) is 9.98 Å². The summed E-state index contributed by atoms with van der Waals surface area (Å²) < 4.78 is 5.49. The van der Waals surface area contributed by atoms with Crippen molar-refractivity contribution in [2.24, 2.45) is 4.99 Å². The van der Waals surface area contributed by atoms with E-state index in [9.17, 15) is 4.79 Å². The molecule has 0 radical (unpaired) electrons. The molecule has 0 aliphatic carbocycles. The van der Waals surface area contributed by atoms with E-state index >= 15 is 0 Å². The largest absolute Gasteiger partial charge is 0.443 e. The number of hydrogen-bond donors (Lipinski definition) is 0. The number of aromatic nitrogens is 1. The SMILES string of the molecule is CCN(C(=O)OC(C)(C)C)c1ncccc1C1=NCCCC1. The Labute approximate surface area is 132 Å². The molecule has 0 saturated carbocycles. The van der Waals surface area contributed by atoms with Gasteiger partial charge < -0.3 is 4.74 Å². The van der Waals surface area contributed by atoms with Gasteiger partial charge in [-0.3, -0.25) is 9.89 Å². The van der Waals surface area contributed by atoms with E-state index < -0.39 is 5.60 Å². The first-order chi connectivity index (χ1) is 10.4. The summed E-state index contributed by atoms with van der Waals surface area (Å²) in [6.07, 6.45) is 4.53. The summed E-state index contributed by atoms with van der Waals surface area (Å²) in [4.78, 5) is 23.1. The first-order valence-corrected chi connectivity index (χ1v) is 7.91. The van der Waals surface area contributed by atoms with Crippen LogP contribution in [0.15, 0.2) is 23.3 Å². The molecule has 0 saturated heterocycles. The fourth-order valence-electron chi connectivity index (χ4n) is 2.44. The van der Waals surface area contributed by atoms with Gasteiger partial charge in [-0.15, -0.1) is 0 Å². The molecule has 1 amide bonds. The monoisotopic (exact) mass is 303 g/mol. The summed E-state index contributed by atoms with van der Waals surface area (Å²) in [5.41, 5.74) is 1.45. The Morgan fingerprint density at radius 2 is 2.14 bits per heavy atom. The highest BCUT2D eigenvalue weighted by atomic mass is 16.6. The molecule has 5 nitrogen and oxygen atoms in total. The molecular formula is C17H25N3O2. The molecule has 22 heavy (non-hydrogen) atoms. The first-order valence-electron chi connectivity index (χ1n) is 7.91. The Hall–Kier alpha value is -1.91. The summed E-state index contributed by atoms with van der Waals surface area (Å²) in [7, 11) is 0. The molecule has 1 aromatic heterocycles. The van der Waals surface area contributed by atoms with Crippen LogP contribution in [0.1, 0.15) is 52.5 Å². The van der Waals surface area contributed by atoms with E-state index in [1.807, 2.05) is 39.8 Å². The van der Waals surface area contributed by atoms with Crippen molar-refractivity contribution in [1.29, 1.82) is 0 Å². The number of hydrogen-bond acceptors (Lipinski definition) is 4. The van der Waals surface area contributed by atoms with Crippen LogP contribution in [0.25, 0.3) is 0 Å². The third-order valence-electron chi connectivity index (χ3n) is 3.41. The maximum absolute atomic E-state index is 12.4. The van der Waals surface area contributed by atoms with Gasteiger partial charge in [-0.05, 0) is 59.1 Å². The van der Waals surface area contributed by atoms with E-state index in [0.29, 0.717) is 12.4 Å². The molecule has 1 aromatic rings. The number of pyridine rings is 1. The van der Waals surface area contributed by atoms with Crippen LogP contribution in [0.5, 0.6) is 0 Å². The molecule has 5 heteroatoms. The van der Waals surface area contributed by atoms with Crippen molar-refractivity contribution in [3.63, 3.8) is 0 Å². The summed E-state index contributed by atoms with van der Waals surface area (Å²) in [6.45, 7) is 8.87. The Morgan fingerprint density at radius 3 is 2.73 bits per heavy atom. The van der Waals surface area contributed by atoms with Crippen molar-refractivity contribution < 1.29 is 9.53 Å². The molecule has 120 valence electrons. The number of anilines is 1.